The molecule has 0 unspecified atom stereocenters. The van der Waals surface area contributed by atoms with Crippen molar-refractivity contribution in [2.75, 3.05) is 28.4 Å². The van der Waals surface area contributed by atoms with Crippen LogP contribution in [0.3, 0.4) is 0 Å². The lowest BCUT2D eigenvalue weighted by atomic mass is 9.90. The fraction of sp³-hybridized carbons (Fsp3) is 0.259. The third kappa shape index (κ3) is 4.85. The van der Waals surface area contributed by atoms with E-state index in [1.165, 1.54) is 16.7 Å². The zero-order chi connectivity index (χ0) is 22.4. The predicted octanol–water partition coefficient (Wildman–Crippen LogP) is 6.10. The lowest BCUT2D eigenvalue weighted by molar-refractivity contribution is 0.309. The summed E-state index contributed by atoms with van der Waals surface area (Å²) in [6.07, 6.45) is 9.04. The highest BCUT2D eigenvalue weighted by Crippen LogP contribution is 2.49. The van der Waals surface area contributed by atoms with Crippen LogP contribution >= 0.6 is 0 Å². The Morgan fingerprint density at radius 3 is 2.23 bits per heavy atom. The molecule has 0 saturated heterocycles. The summed E-state index contributed by atoms with van der Waals surface area (Å²) in [6, 6.07) is 12.3. The van der Waals surface area contributed by atoms with Gasteiger partial charge in [0.25, 0.3) is 0 Å². The van der Waals surface area contributed by atoms with Crippen molar-refractivity contribution in [3.8, 4) is 17.2 Å². The highest BCUT2D eigenvalue weighted by Gasteiger charge is 2.31. The molecule has 2 aromatic rings. The predicted molar refractivity (Wildman–Crippen MR) is 126 cm³/mol. The number of benzene rings is 2. The highest BCUT2D eigenvalue weighted by molar-refractivity contribution is 5.83. The van der Waals surface area contributed by atoms with Crippen molar-refractivity contribution in [1.82, 2.24) is 0 Å². The van der Waals surface area contributed by atoms with Crippen LogP contribution in [0, 0.1) is 0 Å². The molecule has 1 aliphatic rings. The molecular weight excluding hydrogens is 388 g/mol. The van der Waals surface area contributed by atoms with Crippen molar-refractivity contribution < 1.29 is 18.9 Å². The summed E-state index contributed by atoms with van der Waals surface area (Å²) in [5.74, 6) is 3.28. The largest absolute Gasteiger partial charge is 0.497 e. The molecule has 0 bridgehead atoms. The molecule has 0 N–H and O–H groups in total. The monoisotopic (exact) mass is 418 g/mol. The van der Waals surface area contributed by atoms with Crippen LogP contribution in [-0.2, 0) is 11.2 Å². The number of hydrogen-bond donors (Lipinski definition) is 0. The number of methoxy groups -OCH3 is 4. The molecule has 0 radical (unpaired) electrons. The van der Waals surface area contributed by atoms with Gasteiger partial charge in [-0.25, -0.2) is 0 Å². The second-order valence-corrected chi connectivity index (χ2v) is 7.28. The molecule has 0 spiro atoms. The topological polar surface area (TPSA) is 36.9 Å². The lowest BCUT2D eigenvalue weighted by Crippen LogP contribution is -1.98. The summed E-state index contributed by atoms with van der Waals surface area (Å²) < 4.78 is 21.8. The molecule has 0 heterocycles. The number of allylic oxidation sites excluding steroid dienone is 6. The number of ether oxygens (including phenoxy) is 4. The molecule has 2 aromatic carbocycles. The Kier molecular flexibility index (Phi) is 7.24. The van der Waals surface area contributed by atoms with E-state index in [9.17, 15) is 0 Å². The summed E-state index contributed by atoms with van der Waals surface area (Å²) in [7, 11) is 6.68. The zero-order valence-electron chi connectivity index (χ0n) is 18.9. The standard InChI is InChI=1S/C27H30O4/c1-7-19(9-8-18(2)28-3)14-24-23(20-10-12-21(29-4)13-11-20)17-26-25(24)15-22(30-5)16-27(26)31-6/h7-16,23H,2,17H2,1,3-6H3/b9-8-,19-7+,24-14+/t23-/m0/s1. The van der Waals surface area contributed by atoms with Crippen LogP contribution < -0.4 is 14.2 Å². The first-order valence-corrected chi connectivity index (χ1v) is 10.2. The van der Waals surface area contributed by atoms with Gasteiger partial charge in [0.15, 0.2) is 0 Å². The Morgan fingerprint density at radius 2 is 1.65 bits per heavy atom. The van der Waals surface area contributed by atoms with E-state index in [2.05, 4.69) is 36.9 Å². The minimum atomic E-state index is 0.191. The fourth-order valence-corrected chi connectivity index (χ4v) is 3.87. The lowest BCUT2D eigenvalue weighted by Gasteiger charge is -2.15. The summed E-state index contributed by atoms with van der Waals surface area (Å²) in [4.78, 5) is 0. The van der Waals surface area contributed by atoms with Gasteiger partial charge in [0, 0.05) is 17.5 Å². The molecule has 0 aliphatic heterocycles. The van der Waals surface area contributed by atoms with E-state index >= 15 is 0 Å². The number of hydrogen-bond acceptors (Lipinski definition) is 4. The van der Waals surface area contributed by atoms with Crippen LogP contribution in [0.4, 0.5) is 0 Å². The minimum Gasteiger partial charge on any atom is -0.497 e. The summed E-state index contributed by atoms with van der Waals surface area (Å²) in [5.41, 5.74) is 5.86. The molecule has 0 aromatic heterocycles. The summed E-state index contributed by atoms with van der Waals surface area (Å²) in [5, 5.41) is 0. The van der Waals surface area contributed by atoms with Crippen molar-refractivity contribution in [3.63, 3.8) is 0 Å². The van der Waals surface area contributed by atoms with E-state index in [-0.39, 0.29) is 5.92 Å². The molecule has 162 valence electrons. The molecule has 3 rings (SSSR count). The maximum atomic E-state index is 5.71. The number of rotatable bonds is 8. The average Bonchev–Trinajstić information content (AvgIpc) is 3.18. The van der Waals surface area contributed by atoms with Gasteiger partial charge in [-0.05, 0) is 59.9 Å². The molecule has 1 atom stereocenters. The molecular formula is C27H30O4. The second-order valence-electron chi connectivity index (χ2n) is 7.28. The fourth-order valence-electron chi connectivity index (χ4n) is 3.87. The van der Waals surface area contributed by atoms with Crippen LogP contribution in [0.25, 0.3) is 5.57 Å². The maximum Gasteiger partial charge on any atom is 0.126 e. The minimum absolute atomic E-state index is 0.191. The summed E-state index contributed by atoms with van der Waals surface area (Å²) >= 11 is 0. The van der Waals surface area contributed by atoms with Gasteiger partial charge < -0.3 is 18.9 Å². The Labute approximate surface area is 185 Å². The van der Waals surface area contributed by atoms with Gasteiger partial charge in [0.05, 0.1) is 28.4 Å². The van der Waals surface area contributed by atoms with Crippen molar-refractivity contribution >= 4 is 5.57 Å². The van der Waals surface area contributed by atoms with Gasteiger partial charge >= 0.3 is 0 Å². The molecule has 31 heavy (non-hydrogen) atoms. The van der Waals surface area contributed by atoms with Gasteiger partial charge in [-0.15, -0.1) is 0 Å². The first-order chi connectivity index (χ1) is 15.0. The van der Waals surface area contributed by atoms with Crippen LogP contribution in [0.1, 0.15) is 29.5 Å². The van der Waals surface area contributed by atoms with Gasteiger partial charge in [0.2, 0.25) is 0 Å². The van der Waals surface area contributed by atoms with Gasteiger partial charge in [-0.2, -0.15) is 0 Å². The zero-order valence-corrected chi connectivity index (χ0v) is 18.9. The highest BCUT2D eigenvalue weighted by atomic mass is 16.5. The van der Waals surface area contributed by atoms with Crippen molar-refractivity contribution in [2.45, 2.75) is 19.3 Å². The SMILES string of the molecule is C=C(\C=C/C(=C\C)/C=C1/c2cc(OC)cc(OC)c2C[C@H]1c1ccc(OC)cc1)OC. The first kappa shape index (κ1) is 22.3. The molecule has 4 nitrogen and oxygen atoms in total. The van der Waals surface area contributed by atoms with E-state index in [4.69, 9.17) is 18.9 Å². The Hall–Kier alpha value is -3.40. The number of fused-ring (bicyclic) bond motifs is 1. The molecule has 0 saturated carbocycles. The normalized spacial score (nSPS) is 17.0. The maximum absolute atomic E-state index is 5.71. The van der Waals surface area contributed by atoms with E-state index in [1.807, 2.05) is 37.3 Å². The molecule has 1 aliphatic carbocycles. The van der Waals surface area contributed by atoms with E-state index < -0.39 is 0 Å². The Bertz CT molecular complexity index is 1030. The van der Waals surface area contributed by atoms with Crippen LogP contribution in [0.5, 0.6) is 17.2 Å². The van der Waals surface area contributed by atoms with Crippen LogP contribution in [0.15, 0.2) is 78.6 Å². The van der Waals surface area contributed by atoms with Crippen molar-refractivity contribution in [1.29, 1.82) is 0 Å². The van der Waals surface area contributed by atoms with Crippen molar-refractivity contribution in [2.24, 2.45) is 0 Å². The summed E-state index contributed by atoms with van der Waals surface area (Å²) in [6.45, 7) is 5.89. The molecule has 4 heteroatoms. The van der Waals surface area contributed by atoms with Gasteiger partial charge in [0.1, 0.15) is 23.0 Å². The Morgan fingerprint density at radius 1 is 0.935 bits per heavy atom. The van der Waals surface area contributed by atoms with E-state index in [0.717, 1.165) is 34.8 Å². The third-order valence-electron chi connectivity index (χ3n) is 5.63. The Balaban J connectivity index is 2.13. The average molecular weight is 419 g/mol. The van der Waals surface area contributed by atoms with Gasteiger partial charge in [-0.1, -0.05) is 36.9 Å². The van der Waals surface area contributed by atoms with Gasteiger partial charge in [-0.3, -0.25) is 0 Å². The molecule has 0 fully saturated rings. The molecule has 0 amide bonds. The first-order valence-electron chi connectivity index (χ1n) is 10.2. The van der Waals surface area contributed by atoms with Crippen LogP contribution in [0.2, 0.25) is 0 Å². The van der Waals surface area contributed by atoms with E-state index in [0.29, 0.717) is 5.76 Å². The van der Waals surface area contributed by atoms with Crippen LogP contribution in [-0.4, -0.2) is 28.4 Å². The quantitative estimate of drug-likeness (QED) is 0.383. The third-order valence-corrected chi connectivity index (χ3v) is 5.63. The smallest absolute Gasteiger partial charge is 0.126 e. The second kappa shape index (κ2) is 10.1. The van der Waals surface area contributed by atoms with Crippen molar-refractivity contribution in [3.05, 3.63) is 95.3 Å². The van der Waals surface area contributed by atoms with E-state index in [1.54, 1.807) is 28.4 Å².